The lowest BCUT2D eigenvalue weighted by molar-refractivity contribution is -0.125. The topological polar surface area (TPSA) is 74.8 Å². The summed E-state index contributed by atoms with van der Waals surface area (Å²) in [4.78, 5) is 13.2. The van der Waals surface area contributed by atoms with E-state index in [9.17, 15) is 4.79 Å². The molecule has 21 heavy (non-hydrogen) atoms. The second kappa shape index (κ2) is 6.41. The van der Waals surface area contributed by atoms with E-state index in [2.05, 4.69) is 16.3 Å². The number of aromatic nitrogens is 3. The Morgan fingerprint density at radius 1 is 1.33 bits per heavy atom. The molecule has 108 valence electrons. The van der Waals surface area contributed by atoms with Gasteiger partial charge in [-0.25, -0.2) is 0 Å². The van der Waals surface area contributed by atoms with Crippen molar-refractivity contribution in [3.8, 4) is 11.8 Å². The number of amides is 1. The van der Waals surface area contributed by atoms with E-state index in [1.807, 2.05) is 23.6 Å². The van der Waals surface area contributed by atoms with Crippen LogP contribution in [-0.4, -0.2) is 45.4 Å². The quantitative estimate of drug-likeness (QED) is 0.802. The highest BCUT2D eigenvalue weighted by Gasteiger charge is 2.14. The summed E-state index contributed by atoms with van der Waals surface area (Å²) in [5, 5.41) is 17.7. The Labute approximate surface area is 127 Å². The average molecular weight is 301 g/mol. The van der Waals surface area contributed by atoms with Gasteiger partial charge in [-0.1, -0.05) is 11.8 Å². The number of aryl methyl sites for hydroxylation is 1. The first-order valence-corrected chi connectivity index (χ1v) is 7.27. The van der Waals surface area contributed by atoms with Gasteiger partial charge in [0.15, 0.2) is 5.16 Å². The van der Waals surface area contributed by atoms with Crippen LogP contribution in [0.25, 0.3) is 5.69 Å². The van der Waals surface area contributed by atoms with Crippen molar-refractivity contribution >= 4 is 17.7 Å². The third kappa shape index (κ3) is 3.41. The molecule has 7 heteroatoms. The normalized spacial score (nSPS) is 10.2. The second-order valence-electron chi connectivity index (χ2n) is 4.60. The summed E-state index contributed by atoms with van der Waals surface area (Å²) in [6.07, 6.45) is 0. The molecule has 6 nitrogen and oxygen atoms in total. The molecule has 2 aromatic rings. The van der Waals surface area contributed by atoms with Crippen LogP contribution in [0.2, 0.25) is 0 Å². The molecule has 0 N–H and O–H groups in total. The molecule has 1 amide bonds. The van der Waals surface area contributed by atoms with E-state index in [1.165, 1.54) is 11.8 Å². The maximum atomic E-state index is 11.7. The monoisotopic (exact) mass is 301 g/mol. The first-order valence-electron chi connectivity index (χ1n) is 6.28. The maximum Gasteiger partial charge on any atom is 0.232 e. The summed E-state index contributed by atoms with van der Waals surface area (Å²) in [6.45, 7) is 1.85. The van der Waals surface area contributed by atoms with Gasteiger partial charge in [0.05, 0.1) is 17.4 Å². The largest absolute Gasteiger partial charge is 0.348 e. The third-order valence-electron chi connectivity index (χ3n) is 2.87. The standard InChI is InChI=1S/C14H15N5OS/c1-10-16-17-14(21-9-13(20)18(2)3)19(10)12-6-4-11(8-15)5-7-12/h4-7H,9H2,1-3H3. The Morgan fingerprint density at radius 3 is 2.57 bits per heavy atom. The van der Waals surface area contributed by atoms with Crippen LogP contribution < -0.4 is 0 Å². The zero-order chi connectivity index (χ0) is 15.4. The van der Waals surface area contributed by atoms with Crippen molar-refractivity contribution in [3.63, 3.8) is 0 Å². The predicted octanol–water partition coefficient (Wildman–Crippen LogP) is 1.63. The molecule has 0 unspecified atom stereocenters. The summed E-state index contributed by atoms with van der Waals surface area (Å²) in [5.41, 5.74) is 1.47. The van der Waals surface area contributed by atoms with E-state index in [1.54, 1.807) is 31.1 Å². The number of hydrogen-bond donors (Lipinski definition) is 0. The first-order chi connectivity index (χ1) is 10.0. The summed E-state index contributed by atoms with van der Waals surface area (Å²) in [5.74, 6) is 1.06. The van der Waals surface area contributed by atoms with Crippen molar-refractivity contribution in [1.82, 2.24) is 19.7 Å². The van der Waals surface area contributed by atoms with Crippen LogP contribution in [0.3, 0.4) is 0 Å². The zero-order valence-corrected chi connectivity index (χ0v) is 12.9. The fourth-order valence-corrected chi connectivity index (χ4v) is 2.65. The van der Waals surface area contributed by atoms with E-state index in [-0.39, 0.29) is 5.91 Å². The Kier molecular flexibility index (Phi) is 4.60. The van der Waals surface area contributed by atoms with Crippen LogP contribution in [0.1, 0.15) is 11.4 Å². The molecule has 0 aliphatic rings. The molecule has 0 radical (unpaired) electrons. The lowest BCUT2D eigenvalue weighted by Gasteiger charge is -2.11. The van der Waals surface area contributed by atoms with Crippen molar-refractivity contribution in [2.24, 2.45) is 0 Å². The lowest BCUT2D eigenvalue weighted by atomic mass is 10.2. The molecule has 0 spiro atoms. The van der Waals surface area contributed by atoms with Gasteiger partial charge in [0, 0.05) is 19.8 Å². The minimum absolute atomic E-state index is 0.0204. The number of carbonyl (C=O) groups excluding carboxylic acids is 1. The fourth-order valence-electron chi connectivity index (χ4n) is 1.67. The van der Waals surface area contributed by atoms with E-state index in [4.69, 9.17) is 5.26 Å². The van der Waals surface area contributed by atoms with Gasteiger partial charge in [-0.2, -0.15) is 5.26 Å². The Balaban J connectivity index is 2.25. The summed E-state index contributed by atoms with van der Waals surface area (Å²) >= 11 is 1.34. The highest BCUT2D eigenvalue weighted by Crippen LogP contribution is 2.22. The van der Waals surface area contributed by atoms with Crippen LogP contribution in [0, 0.1) is 18.3 Å². The number of benzene rings is 1. The summed E-state index contributed by atoms with van der Waals surface area (Å²) in [6, 6.07) is 9.25. The predicted molar refractivity (Wildman–Crippen MR) is 80.2 cm³/mol. The lowest BCUT2D eigenvalue weighted by Crippen LogP contribution is -2.23. The van der Waals surface area contributed by atoms with Crippen molar-refractivity contribution in [2.75, 3.05) is 19.8 Å². The van der Waals surface area contributed by atoms with Crippen molar-refractivity contribution < 1.29 is 4.79 Å². The molecule has 1 aromatic heterocycles. The molecule has 1 aromatic carbocycles. The SMILES string of the molecule is Cc1nnc(SCC(=O)N(C)C)n1-c1ccc(C#N)cc1. The molecule has 0 bridgehead atoms. The molecule has 0 saturated carbocycles. The molecule has 0 saturated heterocycles. The number of nitrogens with zero attached hydrogens (tertiary/aromatic N) is 5. The van der Waals surface area contributed by atoms with Crippen LogP contribution in [0.4, 0.5) is 0 Å². The van der Waals surface area contributed by atoms with E-state index < -0.39 is 0 Å². The second-order valence-corrected chi connectivity index (χ2v) is 5.54. The molecular formula is C14H15N5OS. The smallest absolute Gasteiger partial charge is 0.232 e. The van der Waals surface area contributed by atoms with Gasteiger partial charge in [0.1, 0.15) is 5.82 Å². The van der Waals surface area contributed by atoms with Gasteiger partial charge in [-0.15, -0.1) is 10.2 Å². The molecule has 0 aliphatic carbocycles. The zero-order valence-electron chi connectivity index (χ0n) is 12.1. The summed E-state index contributed by atoms with van der Waals surface area (Å²) < 4.78 is 1.87. The molecule has 0 atom stereocenters. The molecule has 0 aliphatic heterocycles. The van der Waals surface area contributed by atoms with Crippen LogP contribution in [0.5, 0.6) is 0 Å². The van der Waals surface area contributed by atoms with Crippen LogP contribution in [-0.2, 0) is 4.79 Å². The molecule has 0 fully saturated rings. The molecular weight excluding hydrogens is 286 g/mol. The fraction of sp³-hybridized carbons (Fsp3) is 0.286. The van der Waals surface area contributed by atoms with Crippen LogP contribution >= 0.6 is 11.8 Å². The number of carbonyl (C=O) groups is 1. The average Bonchev–Trinajstić information content (AvgIpc) is 2.85. The third-order valence-corrected chi connectivity index (χ3v) is 3.79. The number of thioether (sulfide) groups is 1. The highest BCUT2D eigenvalue weighted by molar-refractivity contribution is 7.99. The summed E-state index contributed by atoms with van der Waals surface area (Å²) in [7, 11) is 3.44. The number of nitriles is 1. The molecule has 2 rings (SSSR count). The molecule has 1 heterocycles. The first kappa shape index (κ1) is 15.1. The van der Waals surface area contributed by atoms with Gasteiger partial charge in [-0.05, 0) is 31.2 Å². The highest BCUT2D eigenvalue weighted by atomic mass is 32.2. The van der Waals surface area contributed by atoms with Gasteiger partial charge in [0.2, 0.25) is 5.91 Å². The number of hydrogen-bond acceptors (Lipinski definition) is 5. The maximum absolute atomic E-state index is 11.7. The number of rotatable bonds is 4. The van der Waals surface area contributed by atoms with Gasteiger partial charge in [-0.3, -0.25) is 9.36 Å². The van der Waals surface area contributed by atoms with Gasteiger partial charge in [0.25, 0.3) is 0 Å². The Morgan fingerprint density at radius 2 is 2.00 bits per heavy atom. The van der Waals surface area contributed by atoms with E-state index in [0.29, 0.717) is 16.5 Å². The Hall–Kier alpha value is -2.33. The minimum Gasteiger partial charge on any atom is -0.348 e. The van der Waals surface area contributed by atoms with Crippen molar-refractivity contribution in [2.45, 2.75) is 12.1 Å². The van der Waals surface area contributed by atoms with E-state index >= 15 is 0 Å². The van der Waals surface area contributed by atoms with Crippen molar-refractivity contribution in [1.29, 1.82) is 5.26 Å². The van der Waals surface area contributed by atoms with E-state index in [0.717, 1.165) is 11.5 Å². The van der Waals surface area contributed by atoms with Crippen molar-refractivity contribution in [3.05, 3.63) is 35.7 Å². The van der Waals surface area contributed by atoms with Gasteiger partial charge < -0.3 is 4.90 Å². The Bertz CT molecular complexity index is 684. The van der Waals surface area contributed by atoms with Crippen LogP contribution in [0.15, 0.2) is 29.4 Å². The van der Waals surface area contributed by atoms with Gasteiger partial charge >= 0.3 is 0 Å². The minimum atomic E-state index is 0.0204.